The molecule has 5 nitrogen and oxygen atoms in total. The summed E-state index contributed by atoms with van der Waals surface area (Å²) >= 11 is 0. The number of rotatable bonds is 5. The smallest absolute Gasteiger partial charge is 0.162 e. The van der Waals surface area contributed by atoms with E-state index in [0.29, 0.717) is 41.1 Å². The molecular weight excluding hydrogens is 469 g/mol. The number of carbonyl (C=O) groups is 2. The quantitative estimate of drug-likeness (QED) is 0.512. The SMILES string of the molecule is COc1cc(C2C3=C(CC(C)(C)CC3=O)NC3=C2C(=O)CC(C)(C)C3)ccc1OCc1ccccc1F. The zero-order chi connectivity index (χ0) is 26.5. The maximum atomic E-state index is 14.1. The molecule has 0 radical (unpaired) electrons. The average molecular weight is 504 g/mol. The molecule has 5 rings (SSSR count). The molecule has 194 valence electrons. The monoisotopic (exact) mass is 503 g/mol. The van der Waals surface area contributed by atoms with Crippen LogP contribution in [-0.4, -0.2) is 18.7 Å². The van der Waals surface area contributed by atoms with Gasteiger partial charge in [-0.3, -0.25) is 9.59 Å². The lowest BCUT2D eigenvalue weighted by atomic mass is 9.64. The third-order valence-corrected chi connectivity index (χ3v) is 7.58. The van der Waals surface area contributed by atoms with Crippen LogP contribution < -0.4 is 14.8 Å². The molecule has 2 aliphatic carbocycles. The molecule has 0 aromatic heterocycles. The van der Waals surface area contributed by atoms with Crippen LogP contribution in [0.5, 0.6) is 11.5 Å². The van der Waals surface area contributed by atoms with Crippen molar-refractivity contribution in [3.05, 3.63) is 81.9 Å². The summed E-state index contributed by atoms with van der Waals surface area (Å²) in [6.07, 6.45) is 2.37. The number of methoxy groups -OCH3 is 1. The molecule has 0 atom stereocenters. The second-order valence-electron chi connectivity index (χ2n) is 12.0. The Kier molecular flexibility index (Phi) is 6.25. The van der Waals surface area contributed by atoms with Crippen LogP contribution in [0.15, 0.2) is 65.0 Å². The first-order chi connectivity index (χ1) is 17.5. The van der Waals surface area contributed by atoms with Gasteiger partial charge in [0.25, 0.3) is 0 Å². The molecule has 3 aliphatic rings. The normalized spacial score (nSPS) is 20.8. The van der Waals surface area contributed by atoms with Gasteiger partial charge in [-0.25, -0.2) is 4.39 Å². The van der Waals surface area contributed by atoms with Gasteiger partial charge >= 0.3 is 0 Å². The van der Waals surface area contributed by atoms with Gasteiger partial charge in [-0.15, -0.1) is 0 Å². The highest BCUT2D eigenvalue weighted by atomic mass is 19.1. The lowest BCUT2D eigenvalue weighted by molar-refractivity contribution is -0.119. The van der Waals surface area contributed by atoms with E-state index in [0.717, 1.165) is 29.8 Å². The maximum absolute atomic E-state index is 14.1. The van der Waals surface area contributed by atoms with Gasteiger partial charge in [-0.2, -0.15) is 0 Å². The highest BCUT2D eigenvalue weighted by molar-refractivity contribution is 6.06. The van der Waals surface area contributed by atoms with Crippen LogP contribution in [0.25, 0.3) is 0 Å². The zero-order valence-electron chi connectivity index (χ0n) is 22.2. The molecule has 2 aromatic rings. The van der Waals surface area contributed by atoms with Crippen molar-refractivity contribution in [2.75, 3.05) is 7.11 Å². The van der Waals surface area contributed by atoms with Gasteiger partial charge in [0.05, 0.1) is 7.11 Å². The molecule has 1 heterocycles. The Hall–Kier alpha value is -3.41. The number of ketones is 2. The van der Waals surface area contributed by atoms with E-state index in [1.165, 1.54) is 6.07 Å². The van der Waals surface area contributed by atoms with E-state index in [-0.39, 0.29) is 34.8 Å². The van der Waals surface area contributed by atoms with Crippen LogP contribution in [0.4, 0.5) is 4.39 Å². The summed E-state index contributed by atoms with van der Waals surface area (Å²) in [7, 11) is 1.55. The molecule has 1 aliphatic heterocycles. The summed E-state index contributed by atoms with van der Waals surface area (Å²) in [6.45, 7) is 8.49. The molecule has 37 heavy (non-hydrogen) atoms. The number of nitrogens with one attached hydrogen (secondary N) is 1. The predicted octanol–water partition coefficient (Wildman–Crippen LogP) is 6.39. The Balaban J connectivity index is 1.56. The second-order valence-corrected chi connectivity index (χ2v) is 12.0. The standard InChI is InChI=1S/C31H34FNO4/c1-30(2)13-21-28(23(34)15-30)27(29-22(33-21)14-31(3,4)16-24(29)35)18-10-11-25(26(12-18)36-5)37-17-19-8-6-7-9-20(19)32/h6-12,27,33H,13-17H2,1-5H3. The highest BCUT2D eigenvalue weighted by Gasteiger charge is 2.46. The summed E-state index contributed by atoms with van der Waals surface area (Å²) < 4.78 is 25.7. The Morgan fingerprint density at radius 2 is 1.46 bits per heavy atom. The second kappa shape index (κ2) is 9.16. The van der Waals surface area contributed by atoms with Crippen molar-refractivity contribution in [3.63, 3.8) is 0 Å². The third-order valence-electron chi connectivity index (χ3n) is 7.58. The summed E-state index contributed by atoms with van der Waals surface area (Å²) in [6, 6.07) is 12.0. The molecule has 0 saturated heterocycles. The summed E-state index contributed by atoms with van der Waals surface area (Å²) in [4.78, 5) is 27.1. The van der Waals surface area contributed by atoms with Gasteiger partial charge in [0.15, 0.2) is 23.1 Å². The number of carbonyl (C=O) groups excluding carboxylic acids is 2. The number of benzene rings is 2. The number of Topliss-reactive ketones (excluding diaryl/α,β-unsaturated/α-hetero) is 2. The van der Waals surface area contributed by atoms with Crippen LogP contribution in [0.2, 0.25) is 0 Å². The van der Waals surface area contributed by atoms with Crippen LogP contribution in [0.3, 0.4) is 0 Å². The Morgan fingerprint density at radius 1 is 0.865 bits per heavy atom. The van der Waals surface area contributed by atoms with Crippen molar-refractivity contribution < 1.29 is 23.5 Å². The van der Waals surface area contributed by atoms with E-state index in [1.807, 2.05) is 12.1 Å². The first kappa shape index (κ1) is 25.2. The topological polar surface area (TPSA) is 64.6 Å². The Bertz CT molecular complexity index is 1300. The van der Waals surface area contributed by atoms with Crippen molar-refractivity contribution in [1.82, 2.24) is 5.32 Å². The van der Waals surface area contributed by atoms with Crippen molar-refractivity contribution in [2.45, 2.75) is 65.9 Å². The third kappa shape index (κ3) is 4.81. The Labute approximate surface area is 217 Å². The van der Waals surface area contributed by atoms with Crippen molar-refractivity contribution in [2.24, 2.45) is 10.8 Å². The molecular formula is C31H34FNO4. The van der Waals surface area contributed by atoms with E-state index in [2.05, 4.69) is 33.0 Å². The van der Waals surface area contributed by atoms with Crippen LogP contribution in [0, 0.1) is 16.6 Å². The number of dihydropyridines is 1. The minimum Gasteiger partial charge on any atom is -0.493 e. The van der Waals surface area contributed by atoms with E-state index < -0.39 is 5.92 Å². The first-order valence-corrected chi connectivity index (χ1v) is 12.8. The number of ether oxygens (including phenoxy) is 2. The fourth-order valence-corrected chi connectivity index (χ4v) is 5.98. The zero-order valence-corrected chi connectivity index (χ0v) is 22.2. The summed E-state index contributed by atoms with van der Waals surface area (Å²) in [5, 5.41) is 3.54. The molecule has 0 unspecified atom stereocenters. The fourth-order valence-electron chi connectivity index (χ4n) is 5.98. The predicted molar refractivity (Wildman–Crippen MR) is 140 cm³/mol. The van der Waals surface area contributed by atoms with Crippen molar-refractivity contribution in [1.29, 1.82) is 0 Å². The summed E-state index contributed by atoms with van der Waals surface area (Å²) in [5.74, 6) is 0.318. The molecule has 0 saturated carbocycles. The fraction of sp³-hybridized carbons (Fsp3) is 0.419. The van der Waals surface area contributed by atoms with Crippen molar-refractivity contribution in [3.8, 4) is 11.5 Å². The Morgan fingerprint density at radius 3 is 2.03 bits per heavy atom. The molecule has 0 bridgehead atoms. The number of hydrogen-bond acceptors (Lipinski definition) is 5. The van der Waals surface area contributed by atoms with Gasteiger partial charge in [-0.1, -0.05) is 52.0 Å². The molecule has 0 amide bonds. The number of hydrogen-bond donors (Lipinski definition) is 1. The maximum Gasteiger partial charge on any atom is 0.162 e. The van der Waals surface area contributed by atoms with Gasteiger partial charge in [0.1, 0.15) is 12.4 Å². The van der Waals surface area contributed by atoms with Gasteiger partial charge < -0.3 is 14.8 Å². The molecule has 1 N–H and O–H groups in total. The minimum absolute atomic E-state index is 0.0570. The van der Waals surface area contributed by atoms with Gasteiger partial charge in [0.2, 0.25) is 0 Å². The minimum atomic E-state index is -0.451. The highest BCUT2D eigenvalue weighted by Crippen LogP contribution is 2.51. The van der Waals surface area contributed by atoms with E-state index in [4.69, 9.17) is 9.47 Å². The summed E-state index contributed by atoms with van der Waals surface area (Å²) in [5.41, 5.74) is 4.19. The molecule has 2 aromatic carbocycles. The van der Waals surface area contributed by atoms with Crippen molar-refractivity contribution >= 4 is 11.6 Å². The lowest BCUT2D eigenvalue weighted by Crippen LogP contribution is -2.42. The number of halogens is 1. The van der Waals surface area contributed by atoms with E-state index in [1.54, 1.807) is 31.4 Å². The average Bonchev–Trinajstić information content (AvgIpc) is 2.80. The first-order valence-electron chi connectivity index (χ1n) is 12.8. The van der Waals surface area contributed by atoms with E-state index >= 15 is 0 Å². The molecule has 6 heteroatoms. The van der Waals surface area contributed by atoms with Crippen LogP contribution in [0.1, 0.15) is 70.4 Å². The van der Waals surface area contributed by atoms with Crippen LogP contribution in [-0.2, 0) is 16.2 Å². The number of allylic oxidation sites excluding steroid dienone is 4. The molecule has 0 spiro atoms. The van der Waals surface area contributed by atoms with E-state index in [9.17, 15) is 14.0 Å². The van der Waals surface area contributed by atoms with Crippen LogP contribution >= 0.6 is 0 Å². The van der Waals surface area contributed by atoms with Gasteiger partial charge in [-0.05, 0) is 47.4 Å². The molecule has 0 fully saturated rings. The van der Waals surface area contributed by atoms with Gasteiger partial charge in [0, 0.05) is 46.9 Å². The lowest BCUT2D eigenvalue weighted by Gasteiger charge is -2.44. The largest absolute Gasteiger partial charge is 0.493 e.